The summed E-state index contributed by atoms with van der Waals surface area (Å²) in [5, 5.41) is 9.85. The van der Waals surface area contributed by atoms with Gasteiger partial charge >= 0.3 is 0 Å². The van der Waals surface area contributed by atoms with Gasteiger partial charge in [-0.15, -0.1) is 0 Å². The molecule has 0 amide bonds. The minimum absolute atomic E-state index is 0.449. The minimum atomic E-state index is 0.449. The number of fused-ring (bicyclic) bond motifs is 1. The normalized spacial score (nSPS) is 11.3. The molecule has 0 saturated heterocycles. The van der Waals surface area contributed by atoms with Crippen LogP contribution in [0.4, 0.5) is 5.69 Å². The van der Waals surface area contributed by atoms with Crippen molar-refractivity contribution in [1.82, 2.24) is 0 Å². The first-order chi connectivity index (χ1) is 11.6. The molecule has 24 heavy (non-hydrogen) atoms. The average Bonchev–Trinajstić information content (AvgIpc) is 2.61. The van der Waals surface area contributed by atoms with Crippen molar-refractivity contribution < 1.29 is 9.15 Å². The summed E-state index contributed by atoms with van der Waals surface area (Å²) in [6.45, 7) is 1.83. The van der Waals surface area contributed by atoms with Crippen LogP contribution in [0, 0.1) is 11.3 Å². The Morgan fingerprint density at radius 1 is 1.17 bits per heavy atom. The van der Waals surface area contributed by atoms with Gasteiger partial charge in [-0.1, -0.05) is 12.2 Å². The molecular formula is C19H14N2O2S. The number of benzene rings is 2. The fraction of sp³-hybridized carbons (Fsp3) is 0.105. The van der Waals surface area contributed by atoms with E-state index in [2.05, 4.69) is 11.1 Å². The SMILES string of the molecule is COc1ccc(/N=c2\oc3ccc(C#N)cc3cc2C(C)=S)cc1. The molecule has 4 nitrogen and oxygen atoms in total. The summed E-state index contributed by atoms with van der Waals surface area (Å²) in [7, 11) is 1.62. The van der Waals surface area contributed by atoms with Crippen molar-refractivity contribution >= 4 is 33.7 Å². The van der Waals surface area contributed by atoms with Crippen molar-refractivity contribution in [3.8, 4) is 11.8 Å². The molecule has 1 heterocycles. The highest BCUT2D eigenvalue weighted by Crippen LogP contribution is 2.19. The van der Waals surface area contributed by atoms with E-state index in [1.807, 2.05) is 37.3 Å². The molecule has 0 unspecified atom stereocenters. The Bertz CT molecular complexity index is 1030. The predicted octanol–water partition coefficient (Wildman–Crippen LogP) is 4.28. The lowest BCUT2D eigenvalue weighted by atomic mass is 10.1. The zero-order chi connectivity index (χ0) is 17.1. The van der Waals surface area contributed by atoms with Crippen LogP contribution in [0.15, 0.2) is 57.9 Å². The van der Waals surface area contributed by atoms with Crippen molar-refractivity contribution in [2.45, 2.75) is 6.92 Å². The highest BCUT2D eigenvalue weighted by atomic mass is 32.1. The molecule has 3 rings (SSSR count). The molecule has 0 bridgehead atoms. The highest BCUT2D eigenvalue weighted by Gasteiger charge is 2.07. The monoisotopic (exact) mass is 334 g/mol. The number of methoxy groups -OCH3 is 1. The molecule has 5 heteroatoms. The van der Waals surface area contributed by atoms with Gasteiger partial charge in [0.15, 0.2) is 0 Å². The zero-order valence-corrected chi connectivity index (χ0v) is 14.1. The first kappa shape index (κ1) is 15.9. The number of hydrogen-bond donors (Lipinski definition) is 0. The van der Waals surface area contributed by atoms with Crippen LogP contribution < -0.4 is 10.3 Å². The maximum atomic E-state index is 9.03. The number of hydrogen-bond acceptors (Lipinski definition) is 5. The number of nitriles is 1. The first-order valence-corrected chi connectivity index (χ1v) is 7.69. The molecule has 0 radical (unpaired) electrons. The Balaban J connectivity index is 2.21. The Labute approximate surface area is 144 Å². The van der Waals surface area contributed by atoms with E-state index in [-0.39, 0.29) is 0 Å². The van der Waals surface area contributed by atoms with E-state index in [1.165, 1.54) is 0 Å². The van der Waals surface area contributed by atoms with Crippen LogP contribution in [0.3, 0.4) is 0 Å². The summed E-state index contributed by atoms with van der Waals surface area (Å²) >= 11 is 5.32. The van der Waals surface area contributed by atoms with E-state index in [9.17, 15) is 0 Å². The Kier molecular flexibility index (Phi) is 4.41. The zero-order valence-electron chi connectivity index (χ0n) is 13.2. The van der Waals surface area contributed by atoms with Crippen LogP contribution in [-0.2, 0) is 0 Å². The van der Waals surface area contributed by atoms with E-state index in [1.54, 1.807) is 25.3 Å². The van der Waals surface area contributed by atoms with Crippen molar-refractivity contribution in [2.75, 3.05) is 7.11 Å². The maximum absolute atomic E-state index is 9.03. The average molecular weight is 334 g/mol. The second-order valence-electron chi connectivity index (χ2n) is 5.20. The third-order valence-corrected chi connectivity index (χ3v) is 3.78. The van der Waals surface area contributed by atoms with Crippen LogP contribution in [0.25, 0.3) is 11.0 Å². The number of ether oxygens (including phenoxy) is 1. The van der Waals surface area contributed by atoms with Crippen LogP contribution in [0.1, 0.15) is 18.1 Å². The van der Waals surface area contributed by atoms with Crippen molar-refractivity contribution in [3.63, 3.8) is 0 Å². The molecule has 0 N–H and O–H groups in total. The van der Waals surface area contributed by atoms with Crippen molar-refractivity contribution in [2.24, 2.45) is 4.99 Å². The van der Waals surface area contributed by atoms with Gasteiger partial charge < -0.3 is 9.15 Å². The third kappa shape index (κ3) is 3.19. The summed E-state index contributed by atoms with van der Waals surface area (Å²) in [4.78, 5) is 5.23. The van der Waals surface area contributed by atoms with E-state index in [0.29, 0.717) is 21.6 Å². The third-order valence-electron chi connectivity index (χ3n) is 3.56. The summed E-state index contributed by atoms with van der Waals surface area (Å²) in [5.41, 5.74) is 3.16. The Hall–Kier alpha value is -2.97. The molecule has 0 aliphatic heterocycles. The molecular weight excluding hydrogens is 320 g/mol. The Morgan fingerprint density at radius 2 is 1.92 bits per heavy atom. The molecule has 3 aromatic rings. The molecule has 2 aromatic carbocycles. The van der Waals surface area contributed by atoms with Gasteiger partial charge in [0.1, 0.15) is 11.3 Å². The fourth-order valence-electron chi connectivity index (χ4n) is 2.31. The quantitative estimate of drug-likeness (QED) is 0.530. The van der Waals surface area contributed by atoms with Gasteiger partial charge in [0, 0.05) is 10.3 Å². The van der Waals surface area contributed by atoms with E-state index in [0.717, 1.165) is 22.4 Å². The fourth-order valence-corrected chi connectivity index (χ4v) is 2.46. The standard InChI is InChI=1S/C19H14N2O2S/c1-12(24)17-10-14-9-13(11-20)3-8-18(14)23-19(17)21-15-4-6-16(22-2)7-5-15/h3-10H,1-2H3/b21-19-. The van der Waals surface area contributed by atoms with Gasteiger partial charge in [-0.3, -0.25) is 0 Å². The Morgan fingerprint density at radius 3 is 2.54 bits per heavy atom. The van der Waals surface area contributed by atoms with Crippen LogP contribution in [0.5, 0.6) is 5.75 Å². The second kappa shape index (κ2) is 6.65. The predicted molar refractivity (Wildman–Crippen MR) is 96.5 cm³/mol. The molecule has 1 aromatic heterocycles. The van der Waals surface area contributed by atoms with E-state index >= 15 is 0 Å². The lowest BCUT2D eigenvalue weighted by molar-refractivity contribution is 0.415. The number of rotatable bonds is 3. The molecule has 0 fully saturated rings. The largest absolute Gasteiger partial charge is 0.497 e. The number of nitrogens with zero attached hydrogens (tertiary/aromatic N) is 2. The lowest BCUT2D eigenvalue weighted by Gasteiger charge is -2.04. The highest BCUT2D eigenvalue weighted by molar-refractivity contribution is 7.80. The molecule has 0 atom stereocenters. The van der Waals surface area contributed by atoms with Crippen molar-refractivity contribution in [3.05, 3.63) is 65.2 Å². The van der Waals surface area contributed by atoms with Crippen LogP contribution in [0.2, 0.25) is 0 Å². The van der Waals surface area contributed by atoms with Crippen LogP contribution >= 0.6 is 12.2 Å². The minimum Gasteiger partial charge on any atom is -0.497 e. The molecule has 118 valence electrons. The van der Waals surface area contributed by atoms with Gasteiger partial charge in [-0.05, 0) is 55.5 Å². The molecule has 0 spiro atoms. The van der Waals surface area contributed by atoms with E-state index in [4.69, 9.17) is 26.6 Å². The van der Waals surface area contributed by atoms with Gasteiger partial charge in [0.25, 0.3) is 0 Å². The molecule has 0 aliphatic rings. The second-order valence-corrected chi connectivity index (χ2v) is 5.81. The number of thiocarbonyl (C=S) groups is 1. The van der Waals surface area contributed by atoms with Gasteiger partial charge in [0.2, 0.25) is 5.55 Å². The molecule has 0 saturated carbocycles. The van der Waals surface area contributed by atoms with Gasteiger partial charge in [-0.25, -0.2) is 4.99 Å². The summed E-state index contributed by atoms with van der Waals surface area (Å²) in [6, 6.07) is 16.7. The first-order valence-electron chi connectivity index (χ1n) is 7.28. The van der Waals surface area contributed by atoms with Gasteiger partial charge in [0.05, 0.1) is 30.0 Å². The van der Waals surface area contributed by atoms with E-state index < -0.39 is 0 Å². The van der Waals surface area contributed by atoms with Crippen molar-refractivity contribution in [1.29, 1.82) is 5.26 Å². The smallest absolute Gasteiger partial charge is 0.228 e. The summed E-state index contributed by atoms with van der Waals surface area (Å²) < 4.78 is 11.1. The van der Waals surface area contributed by atoms with Crippen LogP contribution in [-0.4, -0.2) is 12.0 Å². The maximum Gasteiger partial charge on any atom is 0.228 e. The summed E-state index contributed by atoms with van der Waals surface area (Å²) in [6.07, 6.45) is 0. The van der Waals surface area contributed by atoms with Gasteiger partial charge in [-0.2, -0.15) is 5.26 Å². The lowest BCUT2D eigenvalue weighted by Crippen LogP contribution is -2.12. The molecule has 0 aliphatic carbocycles. The summed E-state index contributed by atoms with van der Waals surface area (Å²) in [5.74, 6) is 0.764. The topological polar surface area (TPSA) is 58.5 Å².